The number of ether oxygens (including phenoxy) is 1. The van der Waals surface area contributed by atoms with Crippen molar-refractivity contribution in [3.8, 4) is 0 Å². The first kappa shape index (κ1) is 15.7. The van der Waals surface area contributed by atoms with Gasteiger partial charge in [0.2, 0.25) is 0 Å². The van der Waals surface area contributed by atoms with Crippen LogP contribution in [0, 0.1) is 11.6 Å². The molecule has 4 nitrogen and oxygen atoms in total. The fourth-order valence-electron chi connectivity index (χ4n) is 1.58. The van der Waals surface area contributed by atoms with Crippen molar-refractivity contribution in [2.45, 2.75) is 23.5 Å². The molecule has 1 aromatic heterocycles. The van der Waals surface area contributed by atoms with E-state index in [1.807, 2.05) is 6.92 Å². The summed E-state index contributed by atoms with van der Waals surface area (Å²) in [6.07, 6.45) is 0. The minimum Gasteiger partial charge on any atom is -0.374 e. The Labute approximate surface area is 126 Å². The second kappa shape index (κ2) is 7.33. The van der Waals surface area contributed by atoms with Crippen LogP contribution in [0.25, 0.3) is 0 Å². The van der Waals surface area contributed by atoms with Gasteiger partial charge in [-0.3, -0.25) is 0 Å². The average Bonchev–Trinajstić information content (AvgIpc) is 2.48. The van der Waals surface area contributed by atoms with Gasteiger partial charge < -0.3 is 10.1 Å². The van der Waals surface area contributed by atoms with Crippen LogP contribution in [-0.2, 0) is 11.3 Å². The first-order valence-electron chi connectivity index (χ1n) is 6.38. The van der Waals surface area contributed by atoms with Gasteiger partial charge in [-0.1, -0.05) is 11.8 Å². The Morgan fingerprint density at radius 2 is 2.05 bits per heavy atom. The molecule has 0 saturated heterocycles. The molecule has 0 spiro atoms. The van der Waals surface area contributed by atoms with E-state index in [0.717, 1.165) is 30.0 Å². The third kappa shape index (κ3) is 4.37. The molecule has 0 aliphatic carbocycles. The SMILES string of the molecule is CCOCc1nc(NC)cc(Sc2cc(F)ccc2F)n1. The summed E-state index contributed by atoms with van der Waals surface area (Å²) in [6.45, 7) is 2.69. The maximum Gasteiger partial charge on any atom is 0.157 e. The molecule has 0 bridgehead atoms. The lowest BCUT2D eigenvalue weighted by atomic mass is 10.3. The predicted molar refractivity (Wildman–Crippen MR) is 77.4 cm³/mol. The van der Waals surface area contributed by atoms with E-state index in [1.54, 1.807) is 13.1 Å². The highest BCUT2D eigenvalue weighted by Gasteiger charge is 2.10. The zero-order valence-electron chi connectivity index (χ0n) is 11.7. The van der Waals surface area contributed by atoms with Crippen LogP contribution >= 0.6 is 11.8 Å². The molecule has 0 fully saturated rings. The maximum atomic E-state index is 13.7. The summed E-state index contributed by atoms with van der Waals surface area (Å²) in [5, 5.41) is 3.43. The van der Waals surface area contributed by atoms with Gasteiger partial charge in [-0.15, -0.1) is 0 Å². The largest absolute Gasteiger partial charge is 0.374 e. The third-order valence-electron chi connectivity index (χ3n) is 2.55. The van der Waals surface area contributed by atoms with Gasteiger partial charge in [-0.05, 0) is 25.1 Å². The maximum absolute atomic E-state index is 13.7. The fourth-order valence-corrected chi connectivity index (χ4v) is 2.46. The van der Waals surface area contributed by atoms with Crippen molar-refractivity contribution in [3.05, 3.63) is 41.7 Å². The van der Waals surface area contributed by atoms with Gasteiger partial charge in [0, 0.05) is 19.7 Å². The standard InChI is InChI=1S/C14H15F2N3OS/c1-3-20-8-13-18-12(17-2)7-14(19-13)21-11-6-9(15)4-5-10(11)16/h4-7H,3,8H2,1-2H3,(H,17,18,19). The monoisotopic (exact) mass is 311 g/mol. The first-order valence-corrected chi connectivity index (χ1v) is 7.20. The number of hydrogen-bond donors (Lipinski definition) is 1. The summed E-state index contributed by atoms with van der Waals surface area (Å²) in [5.41, 5.74) is 0. The van der Waals surface area contributed by atoms with Gasteiger partial charge in [0.1, 0.15) is 29.1 Å². The van der Waals surface area contributed by atoms with Crippen LogP contribution < -0.4 is 5.32 Å². The van der Waals surface area contributed by atoms with Crippen molar-refractivity contribution in [1.29, 1.82) is 0 Å². The van der Waals surface area contributed by atoms with E-state index in [-0.39, 0.29) is 11.5 Å². The quantitative estimate of drug-likeness (QED) is 0.828. The summed E-state index contributed by atoms with van der Waals surface area (Å²) in [6, 6.07) is 4.99. The van der Waals surface area contributed by atoms with Gasteiger partial charge >= 0.3 is 0 Å². The van der Waals surface area contributed by atoms with E-state index in [1.165, 1.54) is 0 Å². The molecule has 0 radical (unpaired) electrons. The van der Waals surface area contributed by atoms with Crippen LogP contribution in [0.5, 0.6) is 0 Å². The number of aromatic nitrogens is 2. The topological polar surface area (TPSA) is 47.0 Å². The summed E-state index contributed by atoms with van der Waals surface area (Å²) in [4.78, 5) is 8.70. The molecule has 112 valence electrons. The molecule has 0 atom stereocenters. The molecule has 0 amide bonds. The lowest BCUT2D eigenvalue weighted by Crippen LogP contribution is -2.03. The van der Waals surface area contributed by atoms with E-state index in [0.29, 0.717) is 23.3 Å². The van der Waals surface area contributed by atoms with Crippen molar-refractivity contribution in [3.63, 3.8) is 0 Å². The Bertz CT molecular complexity index is 625. The van der Waals surface area contributed by atoms with E-state index in [2.05, 4.69) is 15.3 Å². The second-order valence-electron chi connectivity index (χ2n) is 4.07. The van der Waals surface area contributed by atoms with Gasteiger partial charge in [0.25, 0.3) is 0 Å². The number of rotatable bonds is 6. The van der Waals surface area contributed by atoms with Crippen LogP contribution in [0.1, 0.15) is 12.7 Å². The first-order chi connectivity index (χ1) is 10.1. The number of nitrogens with zero attached hydrogens (tertiary/aromatic N) is 2. The molecule has 7 heteroatoms. The average molecular weight is 311 g/mol. The predicted octanol–water partition coefficient (Wildman–Crippen LogP) is 3.48. The zero-order chi connectivity index (χ0) is 15.2. The normalized spacial score (nSPS) is 10.7. The number of anilines is 1. The van der Waals surface area contributed by atoms with E-state index < -0.39 is 11.6 Å². The highest BCUT2D eigenvalue weighted by Crippen LogP contribution is 2.30. The molecule has 0 saturated carbocycles. The molecule has 0 unspecified atom stereocenters. The van der Waals surface area contributed by atoms with Crippen LogP contribution in [0.15, 0.2) is 34.2 Å². The zero-order valence-corrected chi connectivity index (χ0v) is 12.5. The summed E-state index contributed by atoms with van der Waals surface area (Å²) in [5.74, 6) is 0.107. The van der Waals surface area contributed by atoms with E-state index >= 15 is 0 Å². The Hall–Kier alpha value is -1.73. The highest BCUT2D eigenvalue weighted by molar-refractivity contribution is 7.99. The molecule has 1 N–H and O–H groups in total. The Morgan fingerprint density at radius 1 is 1.24 bits per heavy atom. The highest BCUT2D eigenvalue weighted by atomic mass is 32.2. The summed E-state index contributed by atoms with van der Waals surface area (Å²) < 4.78 is 32.1. The Kier molecular flexibility index (Phi) is 5.46. The van der Waals surface area contributed by atoms with Crippen LogP contribution in [0.3, 0.4) is 0 Å². The third-order valence-corrected chi connectivity index (χ3v) is 3.50. The number of benzene rings is 1. The van der Waals surface area contributed by atoms with Crippen LogP contribution in [0.4, 0.5) is 14.6 Å². The molecule has 0 aliphatic rings. The second-order valence-corrected chi connectivity index (χ2v) is 5.13. The summed E-state index contributed by atoms with van der Waals surface area (Å²) in [7, 11) is 1.73. The Morgan fingerprint density at radius 3 is 2.76 bits per heavy atom. The van der Waals surface area contributed by atoms with Gasteiger partial charge in [-0.25, -0.2) is 18.7 Å². The van der Waals surface area contributed by atoms with Gasteiger partial charge in [-0.2, -0.15) is 0 Å². The molecule has 2 rings (SSSR count). The lowest BCUT2D eigenvalue weighted by Gasteiger charge is -2.08. The number of halogens is 2. The molecular weight excluding hydrogens is 296 g/mol. The minimum atomic E-state index is -0.490. The smallest absolute Gasteiger partial charge is 0.157 e. The Balaban J connectivity index is 2.27. The van der Waals surface area contributed by atoms with E-state index in [4.69, 9.17) is 4.74 Å². The van der Waals surface area contributed by atoms with Crippen molar-refractivity contribution in [2.75, 3.05) is 19.0 Å². The van der Waals surface area contributed by atoms with Crippen molar-refractivity contribution < 1.29 is 13.5 Å². The van der Waals surface area contributed by atoms with Crippen molar-refractivity contribution >= 4 is 17.6 Å². The molecule has 1 heterocycles. The fraction of sp³-hybridized carbons (Fsp3) is 0.286. The van der Waals surface area contributed by atoms with E-state index in [9.17, 15) is 8.78 Å². The van der Waals surface area contributed by atoms with Gasteiger partial charge in [0.05, 0.1) is 4.90 Å². The number of nitrogens with one attached hydrogen (secondary N) is 1. The van der Waals surface area contributed by atoms with Crippen molar-refractivity contribution in [1.82, 2.24) is 9.97 Å². The molecule has 21 heavy (non-hydrogen) atoms. The molecule has 1 aromatic carbocycles. The molecular formula is C14H15F2N3OS. The lowest BCUT2D eigenvalue weighted by molar-refractivity contribution is 0.128. The van der Waals surface area contributed by atoms with Crippen LogP contribution in [0.2, 0.25) is 0 Å². The number of hydrogen-bond acceptors (Lipinski definition) is 5. The van der Waals surface area contributed by atoms with Gasteiger partial charge in [0.15, 0.2) is 5.82 Å². The summed E-state index contributed by atoms with van der Waals surface area (Å²) >= 11 is 1.04. The van der Waals surface area contributed by atoms with Crippen molar-refractivity contribution in [2.24, 2.45) is 0 Å². The minimum absolute atomic E-state index is 0.179. The molecule has 2 aromatic rings. The molecule has 0 aliphatic heterocycles. The van der Waals surface area contributed by atoms with Crippen LogP contribution in [-0.4, -0.2) is 23.6 Å².